The smallest absolute Gasteiger partial charge is 0.170 e. The van der Waals surface area contributed by atoms with Crippen LogP contribution in [-0.2, 0) is 16.2 Å². The third-order valence-corrected chi connectivity index (χ3v) is 12.3. The highest BCUT2D eigenvalue weighted by Gasteiger charge is 2.59. The minimum atomic E-state index is -1.16. The number of nitrogens with zero attached hydrogens (tertiary/aromatic N) is 2. The molecule has 0 aromatic heterocycles. The van der Waals surface area contributed by atoms with Crippen LogP contribution in [0.15, 0.2) is 57.2 Å². The molecule has 47 heavy (non-hydrogen) atoms. The van der Waals surface area contributed by atoms with Crippen molar-refractivity contribution < 1.29 is 29.4 Å². The molecule has 5 unspecified atom stereocenters. The van der Waals surface area contributed by atoms with Gasteiger partial charge in [-0.2, -0.15) is 0 Å². The quantitative estimate of drug-likeness (QED) is 0.0925. The molecule has 0 saturated heterocycles. The van der Waals surface area contributed by atoms with E-state index < -0.39 is 10.8 Å². The van der Waals surface area contributed by atoms with Gasteiger partial charge in [0.25, 0.3) is 0 Å². The van der Waals surface area contributed by atoms with Crippen molar-refractivity contribution in [1.29, 1.82) is 0 Å². The molecule has 0 radical (unpaired) electrons. The number of hydrogen-bond acceptors (Lipinski definition) is 8. The molecular weight excluding hydrogens is 596 g/mol. The first-order valence-electron chi connectivity index (χ1n) is 16.3. The van der Waals surface area contributed by atoms with Crippen molar-refractivity contribution in [1.82, 2.24) is 0 Å². The summed E-state index contributed by atoms with van der Waals surface area (Å²) in [5.41, 5.74) is 16.2. The van der Waals surface area contributed by atoms with Crippen LogP contribution in [0.2, 0.25) is 0 Å². The van der Waals surface area contributed by atoms with Gasteiger partial charge in [0.1, 0.15) is 23.0 Å². The van der Waals surface area contributed by atoms with Gasteiger partial charge in [-0.05, 0) is 112 Å². The minimum absolute atomic E-state index is 0.0356. The van der Waals surface area contributed by atoms with Gasteiger partial charge in [0.05, 0.1) is 0 Å². The SMILES string of the molecule is CC1=C(C)C(C)(/C(N)=N/O)C2=C(Oc3cc4c(cc3O2)C2(CC4(C)C)CC(C)(C)c3cc4c(cc32)OC(C)C(C)O4)C1(C)/C(N)=N/O. The summed E-state index contributed by atoms with van der Waals surface area (Å²) in [4.78, 5) is 0. The summed E-state index contributed by atoms with van der Waals surface area (Å²) in [5, 5.41) is 26.6. The number of nitrogens with two attached hydrogens (primary N) is 2. The van der Waals surface area contributed by atoms with Crippen molar-refractivity contribution in [2.75, 3.05) is 0 Å². The lowest BCUT2D eigenvalue weighted by atomic mass is 9.63. The van der Waals surface area contributed by atoms with Crippen LogP contribution in [0.3, 0.4) is 0 Å². The largest absolute Gasteiger partial charge is 0.483 e. The van der Waals surface area contributed by atoms with Crippen molar-refractivity contribution in [3.8, 4) is 23.0 Å². The van der Waals surface area contributed by atoms with Gasteiger partial charge in [-0.1, -0.05) is 49.2 Å². The molecule has 0 fully saturated rings. The molecule has 2 aromatic carbocycles. The highest BCUT2D eigenvalue weighted by Crippen LogP contribution is 2.66. The number of rotatable bonds is 2. The average molecular weight is 643 g/mol. The Kier molecular flexibility index (Phi) is 6.24. The molecule has 2 aromatic rings. The summed E-state index contributed by atoms with van der Waals surface area (Å²) in [5.74, 6) is 3.18. The molecule has 250 valence electrons. The lowest BCUT2D eigenvalue weighted by Gasteiger charge is -2.46. The van der Waals surface area contributed by atoms with E-state index in [0.29, 0.717) is 23.0 Å². The first-order valence-corrected chi connectivity index (χ1v) is 16.3. The van der Waals surface area contributed by atoms with E-state index in [2.05, 4.69) is 62.3 Å². The molecule has 5 aliphatic rings. The Morgan fingerprint density at radius 1 is 0.638 bits per heavy atom. The zero-order valence-corrected chi connectivity index (χ0v) is 29.0. The molecule has 0 amide bonds. The Morgan fingerprint density at radius 2 is 0.979 bits per heavy atom. The van der Waals surface area contributed by atoms with Gasteiger partial charge in [-0.15, -0.1) is 0 Å². The van der Waals surface area contributed by atoms with Crippen molar-refractivity contribution in [3.05, 3.63) is 69.2 Å². The molecule has 2 heterocycles. The van der Waals surface area contributed by atoms with Crippen LogP contribution in [0.25, 0.3) is 0 Å². The molecule has 2 aliphatic heterocycles. The molecular formula is C37H46N4O6. The van der Waals surface area contributed by atoms with E-state index in [-0.39, 0.29) is 40.1 Å². The van der Waals surface area contributed by atoms with Crippen LogP contribution in [0.1, 0.15) is 104 Å². The molecule has 5 atom stereocenters. The van der Waals surface area contributed by atoms with Gasteiger partial charge in [-0.25, -0.2) is 0 Å². The monoisotopic (exact) mass is 642 g/mol. The number of benzene rings is 2. The molecule has 1 spiro atoms. The third kappa shape index (κ3) is 3.78. The number of ether oxygens (including phenoxy) is 4. The van der Waals surface area contributed by atoms with E-state index in [1.54, 1.807) is 0 Å². The van der Waals surface area contributed by atoms with E-state index in [1.807, 2.05) is 41.5 Å². The lowest BCUT2D eigenvalue weighted by molar-refractivity contribution is 0.0427. The van der Waals surface area contributed by atoms with E-state index in [0.717, 1.165) is 35.5 Å². The second-order valence-electron chi connectivity index (χ2n) is 15.9. The average Bonchev–Trinajstić information content (AvgIpc) is 3.38. The standard InChI is InChI=1S/C37H46N4O6/c1-17-18(2)36(10,32(39)41-43)30-29(35(17,9)31(38)40-42)46-27-12-22-24(14-28(27)47-30)37(16-34(22,7)8)15-33(5,6)21-11-25-26(13-23(21)37)45-20(4)19(3)44-25/h11-14,19-20,42-43H,15-16H2,1-10H3,(H2,38,40)(H2,39,41). The van der Waals surface area contributed by atoms with Gasteiger partial charge in [0, 0.05) is 5.41 Å². The van der Waals surface area contributed by atoms with Gasteiger partial charge in [0.2, 0.25) is 0 Å². The fourth-order valence-corrected chi connectivity index (χ4v) is 9.13. The lowest BCUT2D eigenvalue weighted by Crippen LogP contribution is -2.51. The normalized spacial score (nSPS) is 33.1. The minimum Gasteiger partial charge on any atom is -0.483 e. The fraction of sp³-hybridized carbons (Fsp3) is 0.514. The molecule has 6 N–H and O–H groups in total. The summed E-state index contributed by atoms with van der Waals surface area (Å²) in [6, 6.07) is 8.60. The second-order valence-corrected chi connectivity index (χ2v) is 15.9. The second kappa shape index (κ2) is 9.39. The zero-order chi connectivity index (χ0) is 34.2. The zero-order valence-electron chi connectivity index (χ0n) is 29.0. The van der Waals surface area contributed by atoms with E-state index in [4.69, 9.17) is 30.4 Å². The Hall–Kier alpha value is -4.34. The number of amidine groups is 2. The summed E-state index contributed by atoms with van der Waals surface area (Å²) in [7, 11) is 0. The van der Waals surface area contributed by atoms with Crippen molar-refractivity contribution in [3.63, 3.8) is 0 Å². The molecule has 0 bridgehead atoms. The van der Waals surface area contributed by atoms with Crippen LogP contribution < -0.4 is 30.4 Å². The van der Waals surface area contributed by atoms with Crippen molar-refractivity contribution in [2.45, 2.75) is 111 Å². The predicted molar refractivity (Wildman–Crippen MR) is 179 cm³/mol. The Balaban J connectivity index is 1.44. The maximum absolute atomic E-state index is 9.92. The summed E-state index contributed by atoms with van der Waals surface area (Å²) < 4.78 is 26.3. The molecule has 7 rings (SSSR count). The molecule has 0 saturated carbocycles. The topological polar surface area (TPSA) is 154 Å². The summed E-state index contributed by atoms with van der Waals surface area (Å²) in [6.45, 7) is 20.7. The number of fused-ring (bicyclic) bond motifs is 6. The van der Waals surface area contributed by atoms with Crippen LogP contribution in [0.5, 0.6) is 23.0 Å². The van der Waals surface area contributed by atoms with Gasteiger partial charge in [0.15, 0.2) is 46.2 Å². The molecule has 3 aliphatic carbocycles. The maximum Gasteiger partial charge on any atom is 0.170 e. The van der Waals surface area contributed by atoms with Crippen molar-refractivity contribution >= 4 is 11.7 Å². The molecule has 10 heteroatoms. The highest BCUT2D eigenvalue weighted by molar-refractivity contribution is 5.97. The van der Waals surface area contributed by atoms with E-state index >= 15 is 0 Å². The predicted octanol–water partition coefficient (Wildman–Crippen LogP) is 6.72. The van der Waals surface area contributed by atoms with Gasteiger partial charge >= 0.3 is 0 Å². The fourth-order valence-electron chi connectivity index (χ4n) is 9.13. The summed E-state index contributed by atoms with van der Waals surface area (Å²) >= 11 is 0. The maximum atomic E-state index is 9.92. The van der Waals surface area contributed by atoms with Gasteiger partial charge in [-0.3, -0.25) is 0 Å². The van der Waals surface area contributed by atoms with Crippen molar-refractivity contribution in [2.24, 2.45) is 32.6 Å². The van der Waals surface area contributed by atoms with Gasteiger partial charge < -0.3 is 40.8 Å². The number of hydrogen-bond donors (Lipinski definition) is 4. The first-order chi connectivity index (χ1) is 21.9. The highest BCUT2D eigenvalue weighted by atomic mass is 16.6. The Morgan fingerprint density at radius 3 is 1.36 bits per heavy atom. The van der Waals surface area contributed by atoms with Crippen LogP contribution in [-0.4, -0.2) is 34.3 Å². The Labute approximate surface area is 276 Å². The van der Waals surface area contributed by atoms with Crippen LogP contribution >= 0.6 is 0 Å². The first kappa shape index (κ1) is 31.3. The van der Waals surface area contributed by atoms with E-state index in [9.17, 15) is 10.4 Å². The summed E-state index contributed by atoms with van der Waals surface area (Å²) in [6.07, 6.45) is 1.69. The Bertz CT molecular complexity index is 1890. The molecule has 10 nitrogen and oxygen atoms in total. The van der Waals surface area contributed by atoms with Crippen LogP contribution in [0.4, 0.5) is 0 Å². The third-order valence-electron chi connectivity index (χ3n) is 12.3. The van der Waals surface area contributed by atoms with E-state index in [1.165, 1.54) is 22.3 Å². The number of oxime groups is 2. The van der Waals surface area contributed by atoms with Crippen LogP contribution in [0, 0.1) is 10.8 Å².